The molecule has 0 saturated carbocycles. The number of fused-ring (bicyclic) bond motifs is 1. The number of nitrogens with zero attached hydrogens (tertiary/aromatic N) is 2. The van der Waals surface area contributed by atoms with Gasteiger partial charge < -0.3 is 15.5 Å². The van der Waals surface area contributed by atoms with Crippen molar-refractivity contribution in [2.45, 2.75) is 6.10 Å². The van der Waals surface area contributed by atoms with Crippen LogP contribution < -0.4 is 5.32 Å². The number of aromatic nitrogens is 1. The fraction of sp³-hybridized carbons (Fsp3) is 0.300. The summed E-state index contributed by atoms with van der Waals surface area (Å²) in [5, 5.41) is 31.7. The van der Waals surface area contributed by atoms with Crippen molar-refractivity contribution in [1.29, 1.82) is 0 Å². The summed E-state index contributed by atoms with van der Waals surface area (Å²) in [5.41, 5.74) is 2.04. The Morgan fingerprint density at radius 3 is 3.00 bits per heavy atom. The van der Waals surface area contributed by atoms with E-state index in [-0.39, 0.29) is 17.9 Å². The Balaban J connectivity index is 2.37. The Morgan fingerprint density at radius 1 is 1.56 bits per heavy atom. The molecule has 8 heteroatoms. The average Bonchev–Trinajstić information content (AvgIpc) is 2.82. The Bertz CT molecular complexity index is 571. The number of nitro benzene ring substituents is 1. The third kappa shape index (κ3) is 2.40. The summed E-state index contributed by atoms with van der Waals surface area (Å²) in [6.07, 6.45) is -0.962. The van der Waals surface area contributed by atoms with Crippen LogP contribution in [0.1, 0.15) is 0 Å². The summed E-state index contributed by atoms with van der Waals surface area (Å²) in [5.74, 6) is 0. The highest BCUT2D eigenvalue weighted by Gasteiger charge is 2.20. The zero-order chi connectivity index (χ0) is 13.1. The van der Waals surface area contributed by atoms with Crippen molar-refractivity contribution < 1.29 is 15.1 Å². The quantitative estimate of drug-likeness (QED) is 0.551. The van der Waals surface area contributed by atoms with Gasteiger partial charge in [0, 0.05) is 6.54 Å². The molecule has 1 unspecified atom stereocenters. The van der Waals surface area contributed by atoms with E-state index in [1.54, 1.807) is 17.6 Å². The minimum atomic E-state index is -0.962. The van der Waals surface area contributed by atoms with Gasteiger partial charge >= 0.3 is 5.69 Å². The van der Waals surface area contributed by atoms with E-state index in [4.69, 9.17) is 5.11 Å². The fourth-order valence-electron chi connectivity index (χ4n) is 1.54. The second-order valence-electron chi connectivity index (χ2n) is 3.64. The number of nitro groups is 1. The van der Waals surface area contributed by atoms with Gasteiger partial charge in [0.05, 0.1) is 27.8 Å². The van der Waals surface area contributed by atoms with Gasteiger partial charge in [-0.05, 0) is 12.1 Å². The Labute approximate surface area is 106 Å². The molecule has 0 aliphatic rings. The van der Waals surface area contributed by atoms with Gasteiger partial charge in [0.2, 0.25) is 0 Å². The van der Waals surface area contributed by atoms with Crippen molar-refractivity contribution in [3.05, 3.63) is 27.8 Å². The zero-order valence-electron chi connectivity index (χ0n) is 9.24. The molecule has 2 aromatic rings. The van der Waals surface area contributed by atoms with Gasteiger partial charge in [-0.2, -0.15) is 0 Å². The van der Waals surface area contributed by atoms with Gasteiger partial charge in [-0.15, -0.1) is 11.3 Å². The van der Waals surface area contributed by atoms with Gasteiger partial charge in [-0.3, -0.25) is 10.1 Å². The molecule has 0 bridgehead atoms. The number of aliphatic hydroxyl groups excluding tert-OH is 2. The standard InChI is InChI=1S/C10H11N3O4S/c14-4-6(15)3-11-7-1-2-8-9(12-5-18-8)10(7)13(16)17/h1-2,5-6,11,14-15H,3-4H2. The van der Waals surface area contributed by atoms with E-state index < -0.39 is 17.6 Å². The molecule has 1 heterocycles. The topological polar surface area (TPSA) is 109 Å². The molecule has 96 valence electrons. The van der Waals surface area contributed by atoms with Crippen LogP contribution in [0.3, 0.4) is 0 Å². The normalized spacial score (nSPS) is 12.6. The lowest BCUT2D eigenvalue weighted by Crippen LogP contribution is -2.23. The number of benzene rings is 1. The van der Waals surface area contributed by atoms with E-state index in [0.29, 0.717) is 5.52 Å². The smallest absolute Gasteiger partial charge is 0.319 e. The zero-order valence-corrected chi connectivity index (χ0v) is 10.1. The molecule has 0 aliphatic heterocycles. The summed E-state index contributed by atoms with van der Waals surface area (Å²) < 4.78 is 0.731. The monoisotopic (exact) mass is 269 g/mol. The average molecular weight is 269 g/mol. The highest BCUT2D eigenvalue weighted by Crippen LogP contribution is 2.34. The number of hydrogen-bond acceptors (Lipinski definition) is 7. The molecule has 0 saturated heterocycles. The largest absolute Gasteiger partial charge is 0.394 e. The van der Waals surface area contributed by atoms with Crippen LogP contribution in [0, 0.1) is 10.1 Å². The van der Waals surface area contributed by atoms with Crippen molar-refractivity contribution in [3.8, 4) is 0 Å². The number of rotatable bonds is 5. The molecular formula is C10H11N3O4S. The van der Waals surface area contributed by atoms with Crippen LogP contribution in [0.4, 0.5) is 11.4 Å². The second kappa shape index (κ2) is 5.25. The molecule has 0 aliphatic carbocycles. The first-order valence-corrected chi connectivity index (χ1v) is 6.05. The SMILES string of the molecule is O=[N+]([O-])c1c(NCC(O)CO)ccc2scnc12. The third-order valence-electron chi connectivity index (χ3n) is 2.40. The van der Waals surface area contributed by atoms with E-state index >= 15 is 0 Å². The van der Waals surface area contributed by atoms with Gasteiger partial charge in [0.25, 0.3) is 0 Å². The van der Waals surface area contributed by atoms with Crippen molar-refractivity contribution in [3.63, 3.8) is 0 Å². The minimum Gasteiger partial charge on any atom is -0.394 e. The van der Waals surface area contributed by atoms with Crippen LogP contribution in [0.15, 0.2) is 17.6 Å². The van der Waals surface area contributed by atoms with Gasteiger partial charge in [0.15, 0.2) is 5.52 Å². The van der Waals surface area contributed by atoms with E-state index in [1.807, 2.05) is 0 Å². The Hall–Kier alpha value is -1.77. The van der Waals surface area contributed by atoms with Crippen LogP contribution in [0.5, 0.6) is 0 Å². The van der Waals surface area contributed by atoms with Crippen LogP contribution in [-0.4, -0.2) is 39.4 Å². The number of thiazole rings is 1. The predicted octanol–water partition coefficient (Wildman–Crippen LogP) is 0.970. The molecule has 1 aromatic carbocycles. The Kier molecular flexibility index (Phi) is 3.70. The maximum atomic E-state index is 11.1. The fourth-order valence-corrected chi connectivity index (χ4v) is 2.22. The lowest BCUT2D eigenvalue weighted by Gasteiger charge is -2.10. The lowest BCUT2D eigenvalue weighted by molar-refractivity contribution is -0.382. The first-order chi connectivity index (χ1) is 8.63. The van der Waals surface area contributed by atoms with Gasteiger partial charge in [-0.25, -0.2) is 4.98 Å². The molecule has 7 nitrogen and oxygen atoms in total. The van der Waals surface area contributed by atoms with E-state index in [2.05, 4.69) is 10.3 Å². The van der Waals surface area contributed by atoms with Gasteiger partial charge in [0.1, 0.15) is 5.69 Å². The predicted molar refractivity (Wildman–Crippen MR) is 67.9 cm³/mol. The molecule has 3 N–H and O–H groups in total. The molecule has 0 radical (unpaired) electrons. The molecule has 0 fully saturated rings. The van der Waals surface area contributed by atoms with Crippen molar-refractivity contribution in [2.24, 2.45) is 0 Å². The molecule has 1 aromatic heterocycles. The van der Waals surface area contributed by atoms with Gasteiger partial charge in [-0.1, -0.05) is 0 Å². The maximum absolute atomic E-state index is 11.1. The minimum absolute atomic E-state index is 0.0347. The van der Waals surface area contributed by atoms with Crippen molar-refractivity contribution in [2.75, 3.05) is 18.5 Å². The van der Waals surface area contributed by atoms with Crippen molar-refractivity contribution >= 4 is 32.9 Å². The molecular weight excluding hydrogens is 258 g/mol. The molecule has 2 rings (SSSR count). The van der Waals surface area contributed by atoms with Crippen LogP contribution >= 0.6 is 11.3 Å². The number of anilines is 1. The van der Waals surface area contributed by atoms with Crippen LogP contribution in [0.25, 0.3) is 10.2 Å². The number of hydrogen-bond donors (Lipinski definition) is 3. The highest BCUT2D eigenvalue weighted by molar-refractivity contribution is 7.16. The van der Waals surface area contributed by atoms with E-state index in [1.165, 1.54) is 11.3 Å². The molecule has 1 atom stereocenters. The van der Waals surface area contributed by atoms with Crippen molar-refractivity contribution in [1.82, 2.24) is 4.98 Å². The van der Waals surface area contributed by atoms with Crippen LogP contribution in [-0.2, 0) is 0 Å². The number of aliphatic hydroxyl groups is 2. The maximum Gasteiger partial charge on any atom is 0.319 e. The number of nitrogens with one attached hydrogen (secondary N) is 1. The summed E-state index contributed by atoms with van der Waals surface area (Å²) in [4.78, 5) is 14.5. The lowest BCUT2D eigenvalue weighted by atomic mass is 10.2. The molecule has 18 heavy (non-hydrogen) atoms. The molecule has 0 spiro atoms. The summed E-state index contributed by atoms with van der Waals surface area (Å²) in [6, 6.07) is 3.30. The summed E-state index contributed by atoms with van der Waals surface area (Å²) in [6.45, 7) is -0.368. The van der Waals surface area contributed by atoms with Crippen LogP contribution in [0.2, 0.25) is 0 Å². The first kappa shape index (κ1) is 12.7. The third-order valence-corrected chi connectivity index (χ3v) is 3.19. The molecule has 0 amide bonds. The Morgan fingerprint density at radius 2 is 2.33 bits per heavy atom. The first-order valence-electron chi connectivity index (χ1n) is 5.17. The van der Waals surface area contributed by atoms with E-state index in [9.17, 15) is 15.2 Å². The second-order valence-corrected chi connectivity index (χ2v) is 4.52. The summed E-state index contributed by atoms with van der Waals surface area (Å²) >= 11 is 1.32. The highest BCUT2D eigenvalue weighted by atomic mass is 32.1. The summed E-state index contributed by atoms with van der Waals surface area (Å²) in [7, 11) is 0. The van der Waals surface area contributed by atoms with E-state index in [0.717, 1.165) is 4.70 Å².